The van der Waals surface area contributed by atoms with E-state index < -0.39 is 25.8 Å². The normalized spacial score (nSPS) is 12.2. The number of hydrogen-bond donors (Lipinski definition) is 2. The molecule has 2 aromatic rings. The highest BCUT2D eigenvalue weighted by atomic mass is 32.2. The van der Waals surface area contributed by atoms with E-state index in [1.165, 1.54) is 36.4 Å². The average molecular weight is 380 g/mol. The van der Waals surface area contributed by atoms with Crippen molar-refractivity contribution < 1.29 is 21.6 Å². The minimum Gasteiger partial charge on any atom is -0.366 e. The van der Waals surface area contributed by atoms with Gasteiger partial charge in [0.05, 0.1) is 9.79 Å². The first kappa shape index (κ1) is 18.7. The summed E-state index contributed by atoms with van der Waals surface area (Å²) < 4.78 is 50.8. The van der Waals surface area contributed by atoms with Crippen molar-refractivity contribution in [1.29, 1.82) is 0 Å². The van der Waals surface area contributed by atoms with E-state index in [0.29, 0.717) is 5.41 Å². The fourth-order valence-corrected chi connectivity index (χ4v) is 3.92. The van der Waals surface area contributed by atoms with Crippen LogP contribution in [0, 0.1) is 6.92 Å². The molecule has 0 aliphatic carbocycles. The Bertz CT molecular complexity index is 1010. The number of benzene rings is 2. The molecular weight excluding hydrogens is 364 g/mol. The molecule has 2 aromatic carbocycles. The molecule has 3 N–H and O–H groups in total. The lowest BCUT2D eigenvalue weighted by Gasteiger charge is -2.09. The topological polar surface area (TPSA) is 123 Å². The lowest BCUT2D eigenvalue weighted by molar-refractivity contribution is -0.113. The molecule has 0 saturated carbocycles. The molecule has 25 heavy (non-hydrogen) atoms. The quantitative estimate of drug-likeness (QED) is 0.736. The van der Waals surface area contributed by atoms with Crippen LogP contribution in [0.4, 0.5) is 5.69 Å². The zero-order valence-corrected chi connectivity index (χ0v) is 14.8. The first-order valence-corrected chi connectivity index (χ1v) is 10.1. The number of hydrogen-bond acceptors (Lipinski definition) is 5. The van der Waals surface area contributed by atoms with E-state index in [-0.39, 0.29) is 15.5 Å². The first-order chi connectivity index (χ1) is 11.6. The molecule has 2 rings (SSSR count). The number of amides is 1. The monoisotopic (exact) mass is 380 g/mol. The summed E-state index contributed by atoms with van der Waals surface area (Å²) >= 11 is 0. The Hall–Kier alpha value is -2.65. The Balaban J connectivity index is 2.23. The number of nitrogens with one attached hydrogen (secondary N) is 1. The number of primary amides is 1. The Morgan fingerprint density at radius 3 is 1.96 bits per heavy atom. The standard InChI is InChI=1S/C16H16N2O5S2/c1-12-2-6-15(7-3-12)25(22,23)18-13-4-8-14(9-5-13)24(20,21)11-10-16(17)19/h2-11,18H,1H3,(H2,17,19)/b11-10+. The summed E-state index contributed by atoms with van der Waals surface area (Å²) in [6, 6.07) is 11.4. The second kappa shape index (κ2) is 7.08. The van der Waals surface area contributed by atoms with Crippen LogP contribution in [-0.4, -0.2) is 22.7 Å². The van der Waals surface area contributed by atoms with Gasteiger partial charge in [-0.3, -0.25) is 9.52 Å². The first-order valence-electron chi connectivity index (χ1n) is 7.02. The van der Waals surface area contributed by atoms with E-state index in [1.54, 1.807) is 12.1 Å². The Kier molecular flexibility index (Phi) is 5.29. The molecule has 9 heteroatoms. The number of sulfone groups is 1. The van der Waals surface area contributed by atoms with E-state index in [4.69, 9.17) is 5.73 Å². The van der Waals surface area contributed by atoms with E-state index >= 15 is 0 Å². The average Bonchev–Trinajstić information content (AvgIpc) is 2.53. The lowest BCUT2D eigenvalue weighted by Crippen LogP contribution is -2.13. The molecule has 0 heterocycles. The predicted molar refractivity (Wildman–Crippen MR) is 93.9 cm³/mol. The number of sulfonamides is 1. The highest BCUT2D eigenvalue weighted by Gasteiger charge is 2.15. The summed E-state index contributed by atoms with van der Waals surface area (Å²) in [5.41, 5.74) is 6.00. The highest BCUT2D eigenvalue weighted by molar-refractivity contribution is 7.94. The van der Waals surface area contributed by atoms with Crippen molar-refractivity contribution in [2.75, 3.05) is 4.72 Å². The van der Waals surface area contributed by atoms with Gasteiger partial charge in [0.2, 0.25) is 5.91 Å². The van der Waals surface area contributed by atoms with Crippen molar-refractivity contribution in [3.63, 3.8) is 0 Å². The summed E-state index contributed by atoms with van der Waals surface area (Å²) in [5, 5.41) is 0.695. The van der Waals surface area contributed by atoms with Gasteiger partial charge in [0.1, 0.15) is 0 Å². The second-order valence-corrected chi connectivity index (χ2v) is 8.71. The molecule has 0 unspecified atom stereocenters. The van der Waals surface area contributed by atoms with Crippen LogP contribution in [0.2, 0.25) is 0 Å². The van der Waals surface area contributed by atoms with Gasteiger partial charge in [0, 0.05) is 17.2 Å². The maximum atomic E-state index is 12.3. The number of anilines is 1. The molecule has 0 spiro atoms. The SMILES string of the molecule is Cc1ccc(S(=O)(=O)Nc2ccc(S(=O)(=O)/C=C/C(N)=O)cc2)cc1. The zero-order valence-electron chi connectivity index (χ0n) is 13.2. The molecular formula is C16H16N2O5S2. The van der Waals surface area contributed by atoms with Crippen molar-refractivity contribution in [2.45, 2.75) is 16.7 Å². The highest BCUT2D eigenvalue weighted by Crippen LogP contribution is 2.20. The molecule has 0 bridgehead atoms. The van der Waals surface area contributed by atoms with Crippen molar-refractivity contribution in [2.24, 2.45) is 5.73 Å². The summed E-state index contributed by atoms with van der Waals surface area (Å²) in [4.78, 5) is 10.6. The van der Waals surface area contributed by atoms with Gasteiger partial charge in [0.15, 0.2) is 9.84 Å². The zero-order chi connectivity index (χ0) is 18.7. The summed E-state index contributed by atoms with van der Waals surface area (Å²) in [7, 11) is -7.61. The molecule has 0 aromatic heterocycles. The fourth-order valence-electron chi connectivity index (χ4n) is 1.88. The molecule has 0 atom stereocenters. The van der Waals surface area contributed by atoms with Crippen LogP contribution >= 0.6 is 0 Å². The summed E-state index contributed by atoms with van der Waals surface area (Å²) in [6.45, 7) is 1.84. The molecule has 0 saturated heterocycles. The molecule has 132 valence electrons. The van der Waals surface area contributed by atoms with Gasteiger partial charge >= 0.3 is 0 Å². The third kappa shape index (κ3) is 4.91. The van der Waals surface area contributed by atoms with Crippen LogP contribution in [0.25, 0.3) is 0 Å². The van der Waals surface area contributed by atoms with E-state index in [2.05, 4.69) is 4.72 Å². The van der Waals surface area contributed by atoms with Crippen LogP contribution in [0.15, 0.2) is 69.8 Å². The maximum Gasteiger partial charge on any atom is 0.261 e. The van der Waals surface area contributed by atoms with Crippen LogP contribution in [0.3, 0.4) is 0 Å². The third-order valence-electron chi connectivity index (χ3n) is 3.18. The van der Waals surface area contributed by atoms with Crippen LogP contribution in [0.1, 0.15) is 5.56 Å². The molecule has 0 aliphatic rings. The Morgan fingerprint density at radius 2 is 1.44 bits per heavy atom. The largest absolute Gasteiger partial charge is 0.366 e. The van der Waals surface area contributed by atoms with Crippen LogP contribution in [0.5, 0.6) is 0 Å². The molecule has 1 amide bonds. The number of aryl methyl sites for hydroxylation is 1. The van der Waals surface area contributed by atoms with Gasteiger partial charge in [-0.1, -0.05) is 17.7 Å². The number of rotatable bonds is 6. The molecule has 7 nitrogen and oxygen atoms in total. The van der Waals surface area contributed by atoms with E-state index in [9.17, 15) is 21.6 Å². The maximum absolute atomic E-state index is 12.3. The number of nitrogens with two attached hydrogens (primary N) is 1. The molecule has 0 radical (unpaired) electrons. The summed E-state index contributed by atoms with van der Waals surface area (Å²) in [6.07, 6.45) is 0.739. The van der Waals surface area contributed by atoms with Gasteiger partial charge < -0.3 is 5.73 Å². The van der Waals surface area contributed by atoms with Gasteiger partial charge in [-0.25, -0.2) is 16.8 Å². The van der Waals surface area contributed by atoms with Crippen molar-refractivity contribution >= 4 is 31.5 Å². The van der Waals surface area contributed by atoms with Crippen molar-refractivity contribution in [3.8, 4) is 0 Å². The van der Waals surface area contributed by atoms with E-state index in [1.807, 2.05) is 6.92 Å². The Labute approximate surface area is 146 Å². The van der Waals surface area contributed by atoms with Gasteiger partial charge in [-0.05, 0) is 43.3 Å². The van der Waals surface area contributed by atoms with Gasteiger partial charge in [0.25, 0.3) is 10.0 Å². The summed E-state index contributed by atoms with van der Waals surface area (Å²) in [5.74, 6) is -0.883. The second-order valence-electron chi connectivity index (χ2n) is 5.19. The van der Waals surface area contributed by atoms with Crippen molar-refractivity contribution in [1.82, 2.24) is 0 Å². The lowest BCUT2D eigenvalue weighted by atomic mass is 10.2. The predicted octanol–water partition coefficient (Wildman–Crippen LogP) is 1.57. The number of carbonyl (C=O) groups is 1. The van der Waals surface area contributed by atoms with Crippen LogP contribution < -0.4 is 10.5 Å². The fraction of sp³-hybridized carbons (Fsp3) is 0.0625. The van der Waals surface area contributed by atoms with Gasteiger partial charge in [-0.15, -0.1) is 0 Å². The van der Waals surface area contributed by atoms with Gasteiger partial charge in [-0.2, -0.15) is 0 Å². The smallest absolute Gasteiger partial charge is 0.261 e. The van der Waals surface area contributed by atoms with Crippen molar-refractivity contribution in [3.05, 3.63) is 65.6 Å². The molecule has 0 aliphatic heterocycles. The minimum absolute atomic E-state index is 0.0942. The molecule has 0 fully saturated rings. The number of carbonyl (C=O) groups excluding carboxylic acids is 1. The third-order valence-corrected chi connectivity index (χ3v) is 6.00. The van der Waals surface area contributed by atoms with Crippen LogP contribution in [-0.2, 0) is 24.7 Å². The Morgan fingerprint density at radius 1 is 0.920 bits per heavy atom. The minimum atomic E-state index is -3.83. The van der Waals surface area contributed by atoms with E-state index in [0.717, 1.165) is 11.6 Å².